The van der Waals surface area contributed by atoms with Crippen molar-refractivity contribution in [3.05, 3.63) is 48.1 Å². The van der Waals surface area contributed by atoms with Crippen LogP contribution in [0.5, 0.6) is 0 Å². The van der Waals surface area contributed by atoms with Crippen molar-refractivity contribution < 1.29 is 54.1 Å². The Kier molecular flexibility index (Phi) is 10.6. The fraction of sp³-hybridized carbons (Fsp3) is 0.686. The highest BCUT2D eigenvalue weighted by atomic mass is 16.6. The molecule has 0 aromatic rings. The Hall–Kier alpha value is -2.67. The Bertz CT molecular complexity index is 1300. The molecule has 256 valence electrons. The molecule has 11 heteroatoms. The van der Waals surface area contributed by atoms with Crippen LogP contribution in [0.3, 0.4) is 0 Å². The van der Waals surface area contributed by atoms with Crippen LogP contribution in [0.2, 0.25) is 0 Å². The van der Waals surface area contributed by atoms with Gasteiger partial charge in [0.1, 0.15) is 30.0 Å². The van der Waals surface area contributed by atoms with Crippen LogP contribution >= 0.6 is 0 Å². The number of ketones is 1. The van der Waals surface area contributed by atoms with Gasteiger partial charge in [0, 0.05) is 24.8 Å². The Labute approximate surface area is 270 Å². The molecule has 4 rings (SSSR count). The summed E-state index contributed by atoms with van der Waals surface area (Å²) in [6, 6.07) is 0. The number of carbonyl (C=O) groups excluding carboxylic acids is 3. The summed E-state index contributed by atoms with van der Waals surface area (Å²) in [6.07, 6.45) is 8.79. The largest absolute Gasteiger partial charge is 0.459 e. The molecule has 11 nitrogen and oxygen atoms in total. The second kappa shape index (κ2) is 13.4. The molecule has 3 fully saturated rings. The predicted molar refractivity (Wildman–Crippen MR) is 167 cm³/mol. The van der Waals surface area contributed by atoms with E-state index in [4.69, 9.17) is 14.2 Å². The molecule has 1 heterocycles. The number of esters is 2. The molecule has 11 unspecified atom stereocenters. The van der Waals surface area contributed by atoms with Crippen molar-refractivity contribution in [3.8, 4) is 0 Å². The summed E-state index contributed by atoms with van der Waals surface area (Å²) in [4.78, 5) is 39.1. The molecule has 0 aromatic carbocycles. The first kappa shape index (κ1) is 36.2. The summed E-state index contributed by atoms with van der Waals surface area (Å²) in [5.41, 5.74) is -9.06. The molecule has 5 N–H and O–H groups in total. The molecule has 46 heavy (non-hydrogen) atoms. The lowest BCUT2D eigenvalue weighted by Gasteiger charge is -2.59. The predicted octanol–water partition coefficient (Wildman–Crippen LogP) is 2.38. The van der Waals surface area contributed by atoms with Crippen molar-refractivity contribution >= 4 is 17.7 Å². The standard InChI is InChI=1S/C35H50O11/c1-7-8-9-10-11-12-13-14-15-16-17-25(38)45-30-26-29-32(19-36,46-29)31(40)35(43)24(18-21(4)27(35)39)34(26,42)22(5)28(44-23(6)37)33(30,41)20(2)3/h14-18,22,24,26,28-31,36,40-43H,2,7-13,19H2,1,3-6H3. The fourth-order valence-corrected chi connectivity index (χ4v) is 8.11. The SMILES string of the molecule is C=C(C)C1(O)C(OC(C)=O)C(C)C2(O)C(C3OC3(CO)C(O)C3(O)C(=O)C(C)=CC32)C1OC(=O)C=CC=CCCCCCCCC. The Morgan fingerprint density at radius 2 is 1.70 bits per heavy atom. The number of carbonyl (C=O) groups is 3. The zero-order chi connectivity index (χ0) is 34.2. The number of hydrogen-bond donors (Lipinski definition) is 5. The maximum absolute atomic E-state index is 13.4. The van der Waals surface area contributed by atoms with Crippen molar-refractivity contribution in [2.24, 2.45) is 17.8 Å². The molecule has 0 amide bonds. The monoisotopic (exact) mass is 646 g/mol. The number of fused-ring (bicyclic) bond motifs is 5. The van der Waals surface area contributed by atoms with Crippen molar-refractivity contribution in [1.29, 1.82) is 0 Å². The van der Waals surface area contributed by atoms with Gasteiger partial charge in [0.05, 0.1) is 18.1 Å². The van der Waals surface area contributed by atoms with Crippen LogP contribution in [0.25, 0.3) is 0 Å². The number of ether oxygens (including phenoxy) is 3. The molecule has 2 saturated carbocycles. The molecule has 3 aliphatic carbocycles. The van der Waals surface area contributed by atoms with E-state index in [-0.39, 0.29) is 11.1 Å². The third-order valence-electron chi connectivity index (χ3n) is 10.7. The topological polar surface area (TPSA) is 183 Å². The lowest BCUT2D eigenvalue weighted by Crippen LogP contribution is -2.76. The third-order valence-corrected chi connectivity index (χ3v) is 10.7. The van der Waals surface area contributed by atoms with E-state index >= 15 is 0 Å². The van der Waals surface area contributed by atoms with E-state index < -0.39 is 88.9 Å². The maximum atomic E-state index is 13.4. The number of rotatable bonds is 13. The highest BCUT2D eigenvalue weighted by molar-refractivity contribution is 6.05. The van der Waals surface area contributed by atoms with Gasteiger partial charge in [-0.3, -0.25) is 9.59 Å². The highest BCUT2D eigenvalue weighted by Gasteiger charge is 2.85. The van der Waals surface area contributed by atoms with Gasteiger partial charge in [0.15, 0.2) is 17.0 Å². The van der Waals surface area contributed by atoms with Crippen LogP contribution in [-0.4, -0.2) is 96.7 Å². The molecular formula is C35H50O11. The van der Waals surface area contributed by atoms with E-state index in [0.717, 1.165) is 32.3 Å². The van der Waals surface area contributed by atoms with E-state index in [1.54, 1.807) is 6.08 Å². The van der Waals surface area contributed by atoms with Crippen LogP contribution in [0.15, 0.2) is 48.1 Å². The summed E-state index contributed by atoms with van der Waals surface area (Å²) < 4.78 is 17.4. The fourth-order valence-electron chi connectivity index (χ4n) is 8.11. The van der Waals surface area contributed by atoms with Gasteiger partial charge in [0.25, 0.3) is 0 Å². The summed E-state index contributed by atoms with van der Waals surface area (Å²) in [5, 5.41) is 59.1. The molecule has 1 aliphatic heterocycles. The molecule has 1 saturated heterocycles. The van der Waals surface area contributed by atoms with Gasteiger partial charge in [-0.15, -0.1) is 0 Å². The zero-order valence-corrected chi connectivity index (χ0v) is 27.5. The number of epoxide rings is 1. The smallest absolute Gasteiger partial charge is 0.331 e. The first-order valence-corrected chi connectivity index (χ1v) is 16.3. The van der Waals surface area contributed by atoms with Crippen molar-refractivity contribution in [1.82, 2.24) is 0 Å². The highest BCUT2D eigenvalue weighted by Crippen LogP contribution is 2.66. The van der Waals surface area contributed by atoms with Crippen LogP contribution < -0.4 is 0 Å². The van der Waals surface area contributed by atoms with Gasteiger partial charge >= 0.3 is 11.9 Å². The molecule has 0 spiro atoms. The van der Waals surface area contributed by atoms with Crippen molar-refractivity contribution in [2.75, 3.05) is 6.61 Å². The Morgan fingerprint density at radius 3 is 2.30 bits per heavy atom. The molecule has 4 aliphatic rings. The molecule has 0 bridgehead atoms. The van der Waals surface area contributed by atoms with Gasteiger partial charge in [-0.25, -0.2) is 4.79 Å². The molecule has 11 atom stereocenters. The third kappa shape index (κ3) is 5.62. The normalized spacial score (nSPS) is 41.4. The van der Waals surface area contributed by atoms with Crippen LogP contribution in [0.1, 0.15) is 79.6 Å². The minimum absolute atomic E-state index is 0.0396. The minimum atomic E-state index is -2.64. The second-order valence-corrected chi connectivity index (χ2v) is 13.6. The Morgan fingerprint density at radius 1 is 1.04 bits per heavy atom. The number of aliphatic hydroxyl groups is 5. The van der Waals surface area contributed by atoms with E-state index in [2.05, 4.69) is 13.5 Å². The lowest BCUT2D eigenvalue weighted by atomic mass is 9.53. The van der Waals surface area contributed by atoms with Gasteiger partial charge in [0.2, 0.25) is 0 Å². The Balaban J connectivity index is 1.73. The van der Waals surface area contributed by atoms with Crippen LogP contribution in [-0.2, 0) is 28.6 Å². The average Bonchev–Trinajstić information content (AvgIpc) is 3.69. The van der Waals surface area contributed by atoms with E-state index in [9.17, 15) is 39.9 Å². The van der Waals surface area contributed by atoms with Gasteiger partial charge in [-0.1, -0.05) is 76.8 Å². The van der Waals surface area contributed by atoms with Crippen molar-refractivity contribution in [2.45, 2.75) is 126 Å². The molecule has 0 radical (unpaired) electrons. The number of unbranched alkanes of at least 4 members (excludes halogenated alkanes) is 6. The number of hydrogen-bond acceptors (Lipinski definition) is 11. The van der Waals surface area contributed by atoms with Crippen molar-refractivity contribution in [3.63, 3.8) is 0 Å². The summed E-state index contributed by atoms with van der Waals surface area (Å²) in [6.45, 7) is 10.7. The van der Waals surface area contributed by atoms with Crippen LogP contribution in [0, 0.1) is 17.8 Å². The van der Waals surface area contributed by atoms with Crippen LogP contribution in [0.4, 0.5) is 0 Å². The summed E-state index contributed by atoms with van der Waals surface area (Å²) in [7, 11) is 0. The van der Waals surface area contributed by atoms with E-state index in [1.165, 1.54) is 58.6 Å². The molecular weight excluding hydrogens is 596 g/mol. The summed E-state index contributed by atoms with van der Waals surface area (Å²) in [5.74, 6) is -6.79. The second-order valence-electron chi connectivity index (χ2n) is 13.6. The quantitative estimate of drug-likeness (QED) is 0.0495. The number of allylic oxidation sites excluding steroid dienone is 3. The first-order valence-electron chi connectivity index (χ1n) is 16.3. The number of Topliss-reactive ketones (excluding diaryl/α,β-unsaturated/α-hetero) is 1. The van der Waals surface area contributed by atoms with Gasteiger partial charge in [-0.2, -0.15) is 0 Å². The number of aliphatic hydroxyl groups excluding tert-OH is 2. The van der Waals surface area contributed by atoms with Gasteiger partial charge < -0.3 is 39.7 Å². The maximum Gasteiger partial charge on any atom is 0.331 e. The van der Waals surface area contributed by atoms with E-state index in [0.29, 0.717) is 0 Å². The molecule has 0 aromatic heterocycles. The average molecular weight is 647 g/mol. The van der Waals surface area contributed by atoms with E-state index in [1.807, 2.05) is 6.08 Å². The van der Waals surface area contributed by atoms with Gasteiger partial charge in [-0.05, 0) is 37.8 Å². The zero-order valence-electron chi connectivity index (χ0n) is 27.5. The lowest BCUT2D eigenvalue weighted by molar-refractivity contribution is -0.287. The minimum Gasteiger partial charge on any atom is -0.459 e. The first-order chi connectivity index (χ1) is 21.6. The summed E-state index contributed by atoms with van der Waals surface area (Å²) >= 11 is 0.